The molecule has 5 heteroatoms. The number of aromatic nitrogens is 4. The predicted octanol–water partition coefficient (Wildman–Crippen LogP) is 1.37. The lowest BCUT2D eigenvalue weighted by molar-refractivity contribution is 0.746. The van der Waals surface area contributed by atoms with Crippen LogP contribution in [0.1, 0.15) is 25.5 Å². The number of anilines is 1. The van der Waals surface area contributed by atoms with Crippen LogP contribution in [0.3, 0.4) is 0 Å². The van der Waals surface area contributed by atoms with Gasteiger partial charge in [-0.1, -0.05) is 13.8 Å². The third-order valence-electron chi connectivity index (χ3n) is 2.09. The van der Waals surface area contributed by atoms with Crippen LogP contribution in [0, 0.1) is 0 Å². The van der Waals surface area contributed by atoms with Crippen molar-refractivity contribution in [2.24, 2.45) is 0 Å². The summed E-state index contributed by atoms with van der Waals surface area (Å²) < 4.78 is 1.55. The summed E-state index contributed by atoms with van der Waals surface area (Å²) in [5, 5.41) is 4.35. The fraction of sp³-hybridized carbons (Fsp3) is 0.300. The van der Waals surface area contributed by atoms with E-state index in [1.807, 2.05) is 6.07 Å². The highest BCUT2D eigenvalue weighted by molar-refractivity contribution is 5.37. The Morgan fingerprint density at radius 3 is 2.47 bits per heavy atom. The second-order valence-corrected chi connectivity index (χ2v) is 3.61. The van der Waals surface area contributed by atoms with Crippen LogP contribution in [0.2, 0.25) is 0 Å². The number of hydrogen-bond donors (Lipinski definition) is 1. The van der Waals surface area contributed by atoms with Crippen LogP contribution in [0.25, 0.3) is 5.95 Å². The Labute approximate surface area is 88.0 Å². The Morgan fingerprint density at radius 1 is 1.27 bits per heavy atom. The molecule has 15 heavy (non-hydrogen) atoms. The van der Waals surface area contributed by atoms with Crippen molar-refractivity contribution in [3.63, 3.8) is 0 Å². The molecule has 0 radical (unpaired) electrons. The highest BCUT2D eigenvalue weighted by Crippen LogP contribution is 2.17. The number of nitrogens with two attached hydrogens (primary N) is 1. The Balaban J connectivity index is 2.45. The molecule has 0 aliphatic rings. The van der Waals surface area contributed by atoms with Crippen molar-refractivity contribution in [3.05, 3.63) is 30.2 Å². The molecule has 0 bridgehead atoms. The molecule has 2 aromatic rings. The molecular weight excluding hydrogens is 190 g/mol. The van der Waals surface area contributed by atoms with E-state index in [9.17, 15) is 0 Å². The van der Waals surface area contributed by atoms with Crippen LogP contribution in [-0.2, 0) is 0 Å². The molecule has 0 amide bonds. The van der Waals surface area contributed by atoms with Gasteiger partial charge in [-0.25, -0.2) is 9.97 Å². The Hall–Kier alpha value is -1.91. The van der Waals surface area contributed by atoms with Crippen molar-refractivity contribution in [1.82, 2.24) is 19.7 Å². The van der Waals surface area contributed by atoms with Gasteiger partial charge in [-0.2, -0.15) is 9.78 Å². The first kappa shape index (κ1) is 9.64. The largest absolute Gasteiger partial charge is 0.383 e. The van der Waals surface area contributed by atoms with Crippen molar-refractivity contribution < 1.29 is 0 Å². The van der Waals surface area contributed by atoms with Gasteiger partial charge in [0.2, 0.25) is 0 Å². The van der Waals surface area contributed by atoms with E-state index >= 15 is 0 Å². The van der Waals surface area contributed by atoms with Crippen molar-refractivity contribution in [3.8, 4) is 5.95 Å². The third-order valence-corrected chi connectivity index (χ3v) is 2.09. The van der Waals surface area contributed by atoms with Crippen molar-refractivity contribution in [2.45, 2.75) is 19.8 Å². The van der Waals surface area contributed by atoms with E-state index in [2.05, 4.69) is 28.9 Å². The molecule has 0 spiro atoms. The zero-order valence-corrected chi connectivity index (χ0v) is 8.75. The summed E-state index contributed by atoms with van der Waals surface area (Å²) in [7, 11) is 0. The van der Waals surface area contributed by atoms with Gasteiger partial charge in [0.1, 0.15) is 5.82 Å². The molecule has 0 atom stereocenters. The Bertz CT molecular complexity index is 446. The maximum Gasteiger partial charge on any atom is 0.252 e. The molecule has 2 N–H and O–H groups in total. The summed E-state index contributed by atoms with van der Waals surface area (Å²) in [6, 6.07) is 3.60. The van der Waals surface area contributed by atoms with Gasteiger partial charge in [0.05, 0.1) is 5.69 Å². The molecular formula is C10H13N5. The molecule has 2 rings (SSSR count). The van der Waals surface area contributed by atoms with Gasteiger partial charge < -0.3 is 5.73 Å². The summed E-state index contributed by atoms with van der Waals surface area (Å²) in [5.74, 6) is 1.41. The third kappa shape index (κ3) is 1.81. The van der Waals surface area contributed by atoms with Crippen LogP contribution in [0.5, 0.6) is 0 Å². The maximum atomic E-state index is 5.83. The molecule has 78 valence electrons. The lowest BCUT2D eigenvalue weighted by Crippen LogP contribution is -2.06. The van der Waals surface area contributed by atoms with Gasteiger partial charge in [-0.15, -0.1) is 0 Å². The van der Waals surface area contributed by atoms with Crippen LogP contribution in [0.15, 0.2) is 24.5 Å². The lowest BCUT2D eigenvalue weighted by Gasteiger charge is -2.00. The van der Waals surface area contributed by atoms with Crippen molar-refractivity contribution in [2.75, 3.05) is 5.73 Å². The predicted molar refractivity (Wildman–Crippen MR) is 57.7 cm³/mol. The maximum absolute atomic E-state index is 5.83. The summed E-state index contributed by atoms with van der Waals surface area (Å²) in [6.45, 7) is 4.13. The smallest absolute Gasteiger partial charge is 0.252 e. The first-order chi connectivity index (χ1) is 7.18. The summed E-state index contributed by atoms with van der Waals surface area (Å²) in [4.78, 5) is 8.18. The molecule has 0 saturated heterocycles. The molecule has 0 aliphatic heterocycles. The van der Waals surface area contributed by atoms with E-state index < -0.39 is 0 Å². The van der Waals surface area contributed by atoms with Crippen LogP contribution < -0.4 is 5.73 Å². The lowest BCUT2D eigenvalue weighted by atomic mass is 10.1. The zero-order valence-electron chi connectivity index (χ0n) is 8.75. The van der Waals surface area contributed by atoms with Crippen LogP contribution in [-0.4, -0.2) is 19.7 Å². The second-order valence-electron chi connectivity index (χ2n) is 3.61. The van der Waals surface area contributed by atoms with Gasteiger partial charge in [-0.3, -0.25) is 0 Å². The van der Waals surface area contributed by atoms with Crippen LogP contribution in [0.4, 0.5) is 5.82 Å². The first-order valence-corrected chi connectivity index (χ1v) is 4.81. The highest BCUT2D eigenvalue weighted by Gasteiger charge is 2.10. The topological polar surface area (TPSA) is 69.6 Å². The molecule has 5 nitrogen and oxygen atoms in total. The SMILES string of the molecule is CC(C)c1cc(N)n(-c2ncccn2)n1. The van der Waals surface area contributed by atoms with Gasteiger partial charge in [-0.05, 0) is 12.0 Å². The van der Waals surface area contributed by atoms with Gasteiger partial charge >= 0.3 is 0 Å². The zero-order chi connectivity index (χ0) is 10.8. The molecule has 0 unspecified atom stereocenters. The van der Waals surface area contributed by atoms with E-state index in [0.717, 1.165) is 5.69 Å². The minimum Gasteiger partial charge on any atom is -0.383 e. The summed E-state index contributed by atoms with van der Waals surface area (Å²) in [6.07, 6.45) is 3.33. The monoisotopic (exact) mass is 203 g/mol. The normalized spacial score (nSPS) is 10.9. The first-order valence-electron chi connectivity index (χ1n) is 4.81. The average molecular weight is 203 g/mol. The average Bonchev–Trinajstić information content (AvgIpc) is 2.62. The fourth-order valence-corrected chi connectivity index (χ4v) is 1.26. The molecule has 0 aliphatic carbocycles. The molecule has 0 aromatic carbocycles. The van der Waals surface area contributed by atoms with E-state index in [-0.39, 0.29) is 0 Å². The van der Waals surface area contributed by atoms with E-state index in [1.54, 1.807) is 23.1 Å². The van der Waals surface area contributed by atoms with Crippen molar-refractivity contribution in [1.29, 1.82) is 0 Å². The summed E-state index contributed by atoms with van der Waals surface area (Å²) in [5.41, 5.74) is 6.78. The fourth-order valence-electron chi connectivity index (χ4n) is 1.26. The number of nitrogens with zero attached hydrogens (tertiary/aromatic N) is 4. The van der Waals surface area contributed by atoms with Crippen molar-refractivity contribution >= 4 is 5.82 Å². The van der Waals surface area contributed by atoms with Gasteiger partial charge in [0.15, 0.2) is 0 Å². The number of rotatable bonds is 2. The minimum absolute atomic E-state index is 0.345. The Morgan fingerprint density at radius 2 is 1.93 bits per heavy atom. The molecule has 2 heterocycles. The molecule has 2 aromatic heterocycles. The second kappa shape index (κ2) is 3.68. The van der Waals surface area contributed by atoms with E-state index in [1.165, 1.54) is 0 Å². The standard InChI is InChI=1S/C10H13N5/c1-7(2)8-6-9(11)15(14-8)10-12-4-3-5-13-10/h3-7H,11H2,1-2H3. The van der Waals surface area contributed by atoms with E-state index in [4.69, 9.17) is 5.73 Å². The van der Waals surface area contributed by atoms with Crippen LogP contribution >= 0.6 is 0 Å². The van der Waals surface area contributed by atoms with Gasteiger partial charge in [0.25, 0.3) is 5.95 Å². The number of hydrogen-bond acceptors (Lipinski definition) is 4. The molecule has 0 saturated carbocycles. The van der Waals surface area contributed by atoms with E-state index in [0.29, 0.717) is 17.7 Å². The Kier molecular flexibility index (Phi) is 2.37. The summed E-state index contributed by atoms with van der Waals surface area (Å²) >= 11 is 0. The van der Waals surface area contributed by atoms with Gasteiger partial charge in [0, 0.05) is 18.5 Å². The minimum atomic E-state index is 0.345. The molecule has 0 fully saturated rings. The number of nitrogen functional groups attached to an aromatic ring is 1. The quantitative estimate of drug-likeness (QED) is 0.800. The highest BCUT2D eigenvalue weighted by atomic mass is 15.4.